The molecule has 106 valence electrons. The summed E-state index contributed by atoms with van der Waals surface area (Å²) in [6.07, 6.45) is 4.88. The number of rotatable bonds is 3. The van der Waals surface area contributed by atoms with Crippen LogP contribution in [0.2, 0.25) is 0 Å². The molecule has 0 bridgehead atoms. The number of ether oxygens (including phenoxy) is 1. The van der Waals surface area contributed by atoms with Crippen LogP contribution >= 0.6 is 11.3 Å². The average molecular weight is 282 g/mol. The van der Waals surface area contributed by atoms with E-state index in [1.54, 1.807) is 5.38 Å². The number of esters is 1. The number of hydrogen-bond donors (Lipinski definition) is 0. The minimum Gasteiger partial charge on any atom is -0.464 e. The summed E-state index contributed by atoms with van der Waals surface area (Å²) in [5, 5.41) is 2.68. The highest BCUT2D eigenvalue weighted by Gasteiger charge is 2.29. The van der Waals surface area contributed by atoms with Crippen LogP contribution in [-0.4, -0.2) is 31.2 Å². The molecule has 1 aliphatic carbocycles. The number of carbonyl (C=O) groups is 1. The van der Waals surface area contributed by atoms with Crippen molar-refractivity contribution in [2.75, 3.05) is 19.1 Å². The van der Waals surface area contributed by atoms with Crippen molar-refractivity contribution in [3.05, 3.63) is 11.1 Å². The van der Waals surface area contributed by atoms with E-state index in [9.17, 15) is 4.79 Å². The zero-order valence-corrected chi connectivity index (χ0v) is 12.9. The van der Waals surface area contributed by atoms with Gasteiger partial charge in [-0.05, 0) is 31.1 Å². The second-order valence-electron chi connectivity index (χ2n) is 6.01. The van der Waals surface area contributed by atoms with Crippen LogP contribution in [0, 0.1) is 5.41 Å². The molecule has 0 amide bonds. The Hall–Kier alpha value is -1.10. The lowest BCUT2D eigenvalue weighted by Gasteiger charge is -2.38. The van der Waals surface area contributed by atoms with Gasteiger partial charge in [0.15, 0.2) is 10.8 Å². The quantitative estimate of drug-likeness (QED) is 0.797. The Morgan fingerprint density at radius 3 is 2.68 bits per heavy atom. The second kappa shape index (κ2) is 5.49. The van der Waals surface area contributed by atoms with Gasteiger partial charge in [-0.15, -0.1) is 11.3 Å². The van der Waals surface area contributed by atoms with Crippen molar-refractivity contribution < 1.29 is 9.53 Å². The number of methoxy groups -OCH3 is 1. The third-order valence-electron chi connectivity index (χ3n) is 4.04. The van der Waals surface area contributed by atoms with Crippen LogP contribution in [-0.2, 0) is 4.74 Å². The summed E-state index contributed by atoms with van der Waals surface area (Å²) in [6.45, 7) is 4.67. The Labute approximate surface area is 118 Å². The minimum atomic E-state index is -0.360. The van der Waals surface area contributed by atoms with Gasteiger partial charge in [-0.25, -0.2) is 9.78 Å². The van der Waals surface area contributed by atoms with E-state index >= 15 is 0 Å². The topological polar surface area (TPSA) is 42.4 Å². The van der Waals surface area contributed by atoms with Crippen LogP contribution in [0.15, 0.2) is 5.38 Å². The van der Waals surface area contributed by atoms with Gasteiger partial charge in [-0.3, -0.25) is 0 Å². The number of nitrogens with zero attached hydrogens (tertiary/aromatic N) is 2. The molecule has 4 nitrogen and oxygen atoms in total. The Kier molecular flexibility index (Phi) is 4.13. The molecule has 0 unspecified atom stereocenters. The van der Waals surface area contributed by atoms with E-state index in [1.165, 1.54) is 44.1 Å². The van der Waals surface area contributed by atoms with Gasteiger partial charge >= 0.3 is 5.97 Å². The minimum absolute atomic E-state index is 0.360. The molecule has 0 radical (unpaired) electrons. The van der Waals surface area contributed by atoms with Gasteiger partial charge in [0.05, 0.1) is 7.11 Å². The molecule has 1 aromatic heterocycles. The molecule has 2 rings (SSSR count). The summed E-state index contributed by atoms with van der Waals surface area (Å²) in [4.78, 5) is 18.0. The van der Waals surface area contributed by atoms with Crippen molar-refractivity contribution >= 4 is 22.4 Å². The van der Waals surface area contributed by atoms with Crippen LogP contribution in [0.4, 0.5) is 5.13 Å². The van der Waals surface area contributed by atoms with E-state index < -0.39 is 0 Å². The van der Waals surface area contributed by atoms with Crippen LogP contribution in [0.25, 0.3) is 0 Å². The van der Waals surface area contributed by atoms with Gasteiger partial charge in [-0.1, -0.05) is 13.8 Å². The van der Waals surface area contributed by atoms with E-state index in [1.807, 2.05) is 0 Å². The first-order valence-corrected chi connectivity index (χ1v) is 7.57. The van der Waals surface area contributed by atoms with Crippen LogP contribution in [0.3, 0.4) is 0 Å². The number of carbonyl (C=O) groups excluding carboxylic acids is 1. The van der Waals surface area contributed by atoms with Crippen molar-refractivity contribution in [3.63, 3.8) is 0 Å². The lowest BCUT2D eigenvalue weighted by molar-refractivity contribution is 0.0595. The molecule has 0 atom stereocenters. The Bertz CT molecular complexity index is 446. The fraction of sp³-hybridized carbons (Fsp3) is 0.714. The average Bonchev–Trinajstić information content (AvgIpc) is 2.86. The molecule has 0 N–H and O–H groups in total. The van der Waals surface area contributed by atoms with E-state index in [0.29, 0.717) is 17.2 Å². The van der Waals surface area contributed by atoms with Crippen molar-refractivity contribution in [2.24, 2.45) is 5.41 Å². The van der Waals surface area contributed by atoms with Crippen molar-refractivity contribution in [3.8, 4) is 0 Å². The molecule has 1 heterocycles. The van der Waals surface area contributed by atoms with E-state index in [-0.39, 0.29) is 5.97 Å². The van der Waals surface area contributed by atoms with Crippen LogP contribution < -0.4 is 4.90 Å². The number of aromatic nitrogens is 1. The summed E-state index contributed by atoms with van der Waals surface area (Å²) in [6, 6.07) is 0.532. The van der Waals surface area contributed by atoms with Gasteiger partial charge in [0.1, 0.15) is 0 Å². The summed E-state index contributed by atoms with van der Waals surface area (Å²) >= 11 is 1.51. The van der Waals surface area contributed by atoms with E-state index in [4.69, 9.17) is 0 Å². The first kappa shape index (κ1) is 14.3. The molecule has 1 aromatic rings. The first-order valence-electron chi connectivity index (χ1n) is 6.69. The van der Waals surface area contributed by atoms with Crippen molar-refractivity contribution in [1.82, 2.24) is 4.98 Å². The zero-order valence-electron chi connectivity index (χ0n) is 12.1. The van der Waals surface area contributed by atoms with Gasteiger partial charge < -0.3 is 9.64 Å². The standard InChI is InChI=1S/C14H22N2O2S/c1-14(2)7-5-10(6-8-14)16(3)13-15-11(9-19-13)12(17)18-4/h9-10H,5-8H2,1-4H3. The Morgan fingerprint density at radius 1 is 1.47 bits per heavy atom. The maximum atomic E-state index is 11.4. The molecule has 1 saturated carbocycles. The molecular weight excluding hydrogens is 260 g/mol. The Balaban J connectivity index is 2.02. The summed E-state index contributed by atoms with van der Waals surface area (Å²) in [5.74, 6) is -0.360. The maximum Gasteiger partial charge on any atom is 0.357 e. The molecule has 0 aliphatic heterocycles. The van der Waals surface area contributed by atoms with E-state index in [0.717, 1.165) is 5.13 Å². The monoisotopic (exact) mass is 282 g/mol. The van der Waals surface area contributed by atoms with Gasteiger partial charge in [0.2, 0.25) is 0 Å². The van der Waals surface area contributed by atoms with Crippen molar-refractivity contribution in [2.45, 2.75) is 45.6 Å². The highest BCUT2D eigenvalue weighted by Crippen LogP contribution is 2.38. The fourth-order valence-corrected chi connectivity index (χ4v) is 3.38. The predicted octanol–water partition coefficient (Wildman–Crippen LogP) is 3.33. The van der Waals surface area contributed by atoms with Crippen LogP contribution in [0.5, 0.6) is 0 Å². The predicted molar refractivity (Wildman–Crippen MR) is 77.9 cm³/mol. The highest BCUT2D eigenvalue weighted by molar-refractivity contribution is 7.13. The lowest BCUT2D eigenvalue weighted by Crippen LogP contribution is -2.37. The Morgan fingerprint density at radius 2 is 2.11 bits per heavy atom. The molecule has 0 saturated heterocycles. The van der Waals surface area contributed by atoms with Gasteiger partial charge in [0, 0.05) is 18.5 Å². The third kappa shape index (κ3) is 3.26. The van der Waals surface area contributed by atoms with Crippen LogP contribution in [0.1, 0.15) is 50.0 Å². The fourth-order valence-electron chi connectivity index (χ4n) is 2.55. The molecule has 19 heavy (non-hydrogen) atoms. The molecule has 1 fully saturated rings. The molecule has 5 heteroatoms. The molecule has 1 aliphatic rings. The normalized spacial score (nSPS) is 19.2. The largest absolute Gasteiger partial charge is 0.464 e. The zero-order chi connectivity index (χ0) is 14.0. The third-order valence-corrected chi connectivity index (χ3v) is 4.98. The summed E-state index contributed by atoms with van der Waals surface area (Å²) < 4.78 is 4.69. The first-order chi connectivity index (χ1) is 8.93. The van der Waals surface area contributed by atoms with Gasteiger partial charge in [0.25, 0.3) is 0 Å². The highest BCUT2D eigenvalue weighted by atomic mass is 32.1. The summed E-state index contributed by atoms with van der Waals surface area (Å²) in [5.41, 5.74) is 0.877. The number of anilines is 1. The van der Waals surface area contributed by atoms with E-state index in [2.05, 4.69) is 35.5 Å². The molecular formula is C14H22N2O2S. The smallest absolute Gasteiger partial charge is 0.357 e. The second-order valence-corrected chi connectivity index (χ2v) is 6.85. The summed E-state index contributed by atoms with van der Waals surface area (Å²) in [7, 11) is 3.46. The number of hydrogen-bond acceptors (Lipinski definition) is 5. The SMILES string of the molecule is COC(=O)c1csc(N(C)C2CCC(C)(C)CC2)n1. The molecule has 0 spiro atoms. The number of thiazole rings is 1. The maximum absolute atomic E-state index is 11.4. The molecule has 0 aromatic carbocycles. The van der Waals surface area contributed by atoms with Gasteiger partial charge in [-0.2, -0.15) is 0 Å². The van der Waals surface area contributed by atoms with Crippen molar-refractivity contribution in [1.29, 1.82) is 0 Å². The lowest BCUT2D eigenvalue weighted by atomic mass is 9.75.